The Hall–Kier alpha value is -1.28. The maximum atomic E-state index is 14.1. The number of rotatable bonds is 1. The normalized spacial score (nSPS) is 11.0. The topological polar surface area (TPSA) is 0 Å². The molecule has 0 saturated carbocycles. The van der Waals surface area contributed by atoms with Gasteiger partial charge < -0.3 is 0 Å². The van der Waals surface area contributed by atoms with Crippen LogP contribution in [0.3, 0.4) is 0 Å². The number of benzene rings is 3. The molecule has 0 unspecified atom stereocenters. The van der Waals surface area contributed by atoms with Gasteiger partial charge in [-0.25, -0.2) is 4.39 Å². The van der Waals surface area contributed by atoms with E-state index in [2.05, 4.69) is 0 Å². The summed E-state index contributed by atoms with van der Waals surface area (Å²) in [6.07, 6.45) is 0. The van der Waals surface area contributed by atoms with E-state index in [0.29, 0.717) is 31.6 Å². The van der Waals surface area contributed by atoms with E-state index in [4.69, 9.17) is 34.8 Å². The molecule has 0 nitrogen and oxygen atoms in total. The minimum Gasteiger partial charge on any atom is -0.206 e. The first-order valence-corrected chi connectivity index (χ1v) is 7.03. The molecule has 4 heteroatoms. The van der Waals surface area contributed by atoms with Crippen molar-refractivity contribution in [1.29, 1.82) is 0 Å². The molecule has 0 bridgehead atoms. The molecule has 0 heterocycles. The van der Waals surface area contributed by atoms with E-state index in [1.807, 2.05) is 24.3 Å². The van der Waals surface area contributed by atoms with Gasteiger partial charge in [-0.15, -0.1) is 0 Å². The van der Waals surface area contributed by atoms with Gasteiger partial charge in [0.05, 0.1) is 15.1 Å². The van der Waals surface area contributed by atoms with Crippen molar-refractivity contribution >= 4 is 45.6 Å². The molecule has 20 heavy (non-hydrogen) atoms. The van der Waals surface area contributed by atoms with Gasteiger partial charge in [-0.1, -0.05) is 65.1 Å². The van der Waals surface area contributed by atoms with Crippen molar-refractivity contribution in [3.05, 3.63) is 69.4 Å². The van der Waals surface area contributed by atoms with Crippen molar-refractivity contribution in [2.24, 2.45) is 0 Å². The van der Waals surface area contributed by atoms with Gasteiger partial charge in [-0.2, -0.15) is 0 Å². The smallest absolute Gasteiger partial charge is 0.131 e. The molecule has 0 spiro atoms. The fourth-order valence-electron chi connectivity index (χ4n) is 2.25. The van der Waals surface area contributed by atoms with Crippen LogP contribution in [0.4, 0.5) is 4.39 Å². The molecule has 0 aliphatic rings. The Kier molecular flexibility index (Phi) is 3.59. The van der Waals surface area contributed by atoms with Crippen LogP contribution < -0.4 is 0 Å². The maximum Gasteiger partial charge on any atom is 0.131 e. The molecule has 3 aromatic carbocycles. The van der Waals surface area contributed by atoms with Crippen LogP contribution in [-0.2, 0) is 0 Å². The molecular weight excluding hydrogens is 318 g/mol. The Balaban J connectivity index is 2.38. The zero-order valence-corrected chi connectivity index (χ0v) is 12.4. The molecule has 0 fully saturated rings. The van der Waals surface area contributed by atoms with Crippen LogP contribution in [0.2, 0.25) is 15.1 Å². The molecule has 0 aliphatic heterocycles. The van der Waals surface area contributed by atoms with Gasteiger partial charge in [0.2, 0.25) is 0 Å². The van der Waals surface area contributed by atoms with Crippen molar-refractivity contribution in [1.82, 2.24) is 0 Å². The molecule has 0 aromatic heterocycles. The Bertz CT molecular complexity index is 807. The molecule has 0 aliphatic carbocycles. The molecule has 0 saturated heterocycles. The number of fused-ring (bicyclic) bond motifs is 1. The number of halogens is 4. The first kappa shape index (κ1) is 13.7. The summed E-state index contributed by atoms with van der Waals surface area (Å²) in [5.41, 5.74) is 1.36. The van der Waals surface area contributed by atoms with Gasteiger partial charge in [0.15, 0.2) is 0 Å². The zero-order valence-electron chi connectivity index (χ0n) is 10.1. The van der Waals surface area contributed by atoms with Gasteiger partial charge in [-0.05, 0) is 29.1 Å². The highest BCUT2D eigenvalue weighted by atomic mass is 35.5. The van der Waals surface area contributed by atoms with Crippen molar-refractivity contribution < 1.29 is 4.39 Å². The third kappa shape index (κ3) is 2.26. The highest BCUT2D eigenvalue weighted by Crippen LogP contribution is 2.38. The lowest BCUT2D eigenvalue weighted by molar-refractivity contribution is 0.640. The number of hydrogen-bond donors (Lipinski definition) is 0. The van der Waals surface area contributed by atoms with Crippen LogP contribution in [0, 0.1) is 5.82 Å². The van der Waals surface area contributed by atoms with Gasteiger partial charge in [-0.3, -0.25) is 0 Å². The Morgan fingerprint density at radius 3 is 2.10 bits per heavy atom. The Morgan fingerprint density at radius 2 is 1.35 bits per heavy atom. The second-order valence-electron chi connectivity index (χ2n) is 4.39. The Labute approximate surface area is 130 Å². The molecule has 0 radical (unpaired) electrons. The lowest BCUT2D eigenvalue weighted by atomic mass is 9.98. The summed E-state index contributed by atoms with van der Waals surface area (Å²) in [5.74, 6) is -0.291. The predicted octanol–water partition coefficient (Wildman–Crippen LogP) is 6.61. The van der Waals surface area contributed by atoms with Crippen LogP contribution in [0.5, 0.6) is 0 Å². The van der Waals surface area contributed by atoms with E-state index in [9.17, 15) is 4.39 Å². The second kappa shape index (κ2) is 5.25. The van der Waals surface area contributed by atoms with E-state index in [1.54, 1.807) is 18.2 Å². The zero-order chi connectivity index (χ0) is 14.3. The lowest BCUT2D eigenvalue weighted by Crippen LogP contribution is -1.87. The van der Waals surface area contributed by atoms with Crippen LogP contribution in [0.1, 0.15) is 0 Å². The average molecular weight is 326 g/mol. The van der Waals surface area contributed by atoms with Gasteiger partial charge in [0.25, 0.3) is 0 Å². The Morgan fingerprint density at radius 1 is 0.700 bits per heavy atom. The van der Waals surface area contributed by atoms with Crippen LogP contribution in [-0.4, -0.2) is 0 Å². The summed E-state index contributed by atoms with van der Waals surface area (Å²) in [5, 5.41) is 2.54. The van der Waals surface area contributed by atoms with Gasteiger partial charge in [0.1, 0.15) is 5.82 Å². The molecule has 3 rings (SSSR count). The van der Waals surface area contributed by atoms with Crippen molar-refractivity contribution in [2.75, 3.05) is 0 Å². The third-order valence-corrected chi connectivity index (χ3v) is 4.19. The van der Waals surface area contributed by atoms with E-state index in [1.165, 1.54) is 6.07 Å². The third-order valence-electron chi connectivity index (χ3n) is 3.15. The maximum absolute atomic E-state index is 14.1. The van der Waals surface area contributed by atoms with E-state index in [0.717, 1.165) is 5.39 Å². The molecule has 3 aromatic rings. The summed E-state index contributed by atoms with van der Waals surface area (Å²) >= 11 is 18.2. The molecule has 0 N–H and O–H groups in total. The van der Waals surface area contributed by atoms with Crippen molar-refractivity contribution in [3.8, 4) is 11.1 Å². The van der Waals surface area contributed by atoms with Gasteiger partial charge in [0, 0.05) is 10.9 Å². The van der Waals surface area contributed by atoms with Crippen molar-refractivity contribution in [3.63, 3.8) is 0 Å². The summed E-state index contributed by atoms with van der Waals surface area (Å²) in [7, 11) is 0. The van der Waals surface area contributed by atoms with Gasteiger partial charge >= 0.3 is 0 Å². The number of hydrogen-bond acceptors (Lipinski definition) is 0. The first-order valence-electron chi connectivity index (χ1n) is 5.90. The summed E-state index contributed by atoms with van der Waals surface area (Å²) in [4.78, 5) is 0. The van der Waals surface area contributed by atoms with Crippen molar-refractivity contribution in [2.45, 2.75) is 0 Å². The largest absolute Gasteiger partial charge is 0.206 e. The minimum absolute atomic E-state index is 0.291. The lowest BCUT2D eigenvalue weighted by Gasteiger charge is -2.11. The SMILES string of the molecule is Fc1cccc2cccc(-c3cc(Cl)c(Cl)cc3Cl)c12. The van der Waals surface area contributed by atoms with Crippen LogP contribution in [0.25, 0.3) is 21.9 Å². The molecule has 100 valence electrons. The monoisotopic (exact) mass is 324 g/mol. The average Bonchev–Trinajstić information content (AvgIpc) is 2.43. The molecule has 0 amide bonds. The fourth-order valence-corrected chi connectivity index (χ4v) is 2.90. The summed E-state index contributed by atoms with van der Waals surface area (Å²) in [6.45, 7) is 0. The first-order chi connectivity index (χ1) is 9.58. The molecule has 0 atom stereocenters. The van der Waals surface area contributed by atoms with Crippen LogP contribution >= 0.6 is 34.8 Å². The highest BCUT2D eigenvalue weighted by molar-refractivity contribution is 6.44. The highest BCUT2D eigenvalue weighted by Gasteiger charge is 2.13. The predicted molar refractivity (Wildman–Crippen MR) is 84.4 cm³/mol. The summed E-state index contributed by atoms with van der Waals surface area (Å²) < 4.78 is 14.1. The van der Waals surface area contributed by atoms with E-state index in [-0.39, 0.29) is 5.82 Å². The standard InChI is InChI=1S/C16H8Cl3F/c17-12-8-14(19)13(18)7-11(12)10-5-1-3-9-4-2-6-15(20)16(9)10/h1-8H. The fraction of sp³-hybridized carbons (Fsp3) is 0. The minimum atomic E-state index is -0.291. The quantitative estimate of drug-likeness (QED) is 0.442. The second-order valence-corrected chi connectivity index (χ2v) is 5.61. The van der Waals surface area contributed by atoms with E-state index < -0.39 is 0 Å². The molecular formula is C16H8Cl3F. The van der Waals surface area contributed by atoms with Crippen LogP contribution in [0.15, 0.2) is 48.5 Å². The van der Waals surface area contributed by atoms with E-state index >= 15 is 0 Å². The summed E-state index contributed by atoms with van der Waals surface area (Å²) in [6, 6.07) is 13.7.